The van der Waals surface area contributed by atoms with Crippen molar-refractivity contribution < 1.29 is 24.2 Å². The van der Waals surface area contributed by atoms with Gasteiger partial charge < -0.3 is 20.1 Å². The summed E-state index contributed by atoms with van der Waals surface area (Å²) < 4.78 is 5.55. The van der Waals surface area contributed by atoms with Crippen LogP contribution in [-0.2, 0) is 14.3 Å². The number of rotatable bonds is 9. The van der Waals surface area contributed by atoms with Gasteiger partial charge in [-0.05, 0) is 54.4 Å². The Morgan fingerprint density at radius 2 is 1.74 bits per heavy atom. The Bertz CT molecular complexity index is 1050. The number of carboxylic acids is 1. The molecule has 1 aliphatic heterocycles. The molecule has 2 N–H and O–H groups in total. The zero-order valence-electron chi connectivity index (χ0n) is 20.5. The zero-order chi connectivity index (χ0) is 25.0. The molecule has 7 nitrogen and oxygen atoms in total. The predicted octanol–water partition coefficient (Wildman–Crippen LogP) is 4.80. The summed E-state index contributed by atoms with van der Waals surface area (Å²) in [5, 5.41) is 12.5. The number of likely N-dealkylation sites (tertiary alicyclic amines) is 1. The molecule has 1 fully saturated rings. The van der Waals surface area contributed by atoms with Crippen LogP contribution in [0.25, 0.3) is 11.1 Å². The van der Waals surface area contributed by atoms with Gasteiger partial charge in [-0.3, -0.25) is 4.79 Å². The Labute approximate surface area is 206 Å². The largest absolute Gasteiger partial charge is 0.479 e. The Balaban J connectivity index is 1.23. The number of hydrogen-bond donors (Lipinski definition) is 2. The molecule has 0 radical (unpaired) electrons. The Kier molecular flexibility index (Phi) is 7.43. The smallest absolute Gasteiger partial charge is 0.407 e. The molecular weight excluding hydrogens is 444 g/mol. The molecule has 2 aromatic rings. The van der Waals surface area contributed by atoms with Crippen LogP contribution >= 0.6 is 0 Å². The molecule has 35 heavy (non-hydrogen) atoms. The maximum absolute atomic E-state index is 13.0. The number of nitrogens with one attached hydrogen (secondary N) is 1. The monoisotopic (exact) mass is 478 g/mol. The number of fused-ring (bicyclic) bond motifs is 3. The first-order valence-corrected chi connectivity index (χ1v) is 12.5. The van der Waals surface area contributed by atoms with E-state index in [2.05, 4.69) is 29.6 Å². The lowest BCUT2D eigenvalue weighted by Gasteiger charge is -2.35. The van der Waals surface area contributed by atoms with Crippen molar-refractivity contribution in [3.05, 3.63) is 59.7 Å². The number of alkyl carbamates (subject to hydrolysis) is 1. The summed E-state index contributed by atoms with van der Waals surface area (Å²) in [5.41, 5.74) is 3.62. The van der Waals surface area contributed by atoms with Gasteiger partial charge in [0.15, 0.2) is 0 Å². The van der Waals surface area contributed by atoms with Gasteiger partial charge in [-0.25, -0.2) is 9.59 Å². The molecule has 2 aromatic carbocycles. The fourth-order valence-electron chi connectivity index (χ4n) is 5.58. The molecule has 2 aliphatic rings. The number of hydrogen-bond acceptors (Lipinski definition) is 4. The zero-order valence-corrected chi connectivity index (χ0v) is 20.5. The third-order valence-electron chi connectivity index (χ3n) is 7.59. The highest BCUT2D eigenvalue weighted by molar-refractivity contribution is 5.88. The summed E-state index contributed by atoms with van der Waals surface area (Å²) in [6.07, 6.45) is 2.32. The lowest BCUT2D eigenvalue weighted by molar-refractivity contribution is -0.158. The third kappa shape index (κ3) is 4.77. The van der Waals surface area contributed by atoms with Gasteiger partial charge in [0.25, 0.3) is 0 Å². The van der Waals surface area contributed by atoms with Gasteiger partial charge in [-0.2, -0.15) is 0 Å². The van der Waals surface area contributed by atoms with Gasteiger partial charge in [0.2, 0.25) is 5.91 Å². The third-order valence-corrected chi connectivity index (χ3v) is 7.59. The second kappa shape index (κ2) is 10.5. The van der Waals surface area contributed by atoms with Gasteiger partial charge in [-0.15, -0.1) is 0 Å². The molecule has 2 amide bonds. The van der Waals surface area contributed by atoms with E-state index >= 15 is 0 Å². The second-order valence-electron chi connectivity index (χ2n) is 9.58. The van der Waals surface area contributed by atoms with Crippen LogP contribution in [0.2, 0.25) is 0 Å². The van der Waals surface area contributed by atoms with Crippen molar-refractivity contribution in [3.63, 3.8) is 0 Å². The summed E-state index contributed by atoms with van der Waals surface area (Å²) in [6.45, 7) is 4.80. The highest BCUT2D eigenvalue weighted by Crippen LogP contribution is 2.44. The van der Waals surface area contributed by atoms with Crippen LogP contribution in [0, 0.1) is 5.92 Å². The first kappa shape index (κ1) is 24.8. The number of ether oxygens (including phenoxy) is 1. The van der Waals surface area contributed by atoms with E-state index in [0.717, 1.165) is 0 Å². The van der Waals surface area contributed by atoms with Gasteiger partial charge >= 0.3 is 12.1 Å². The molecule has 0 saturated carbocycles. The van der Waals surface area contributed by atoms with E-state index in [0.29, 0.717) is 45.2 Å². The molecular formula is C28H34N2O5. The highest BCUT2D eigenvalue weighted by atomic mass is 16.5. The van der Waals surface area contributed by atoms with Crippen LogP contribution < -0.4 is 5.32 Å². The molecule has 1 saturated heterocycles. The molecule has 186 valence electrons. The topological polar surface area (TPSA) is 95.9 Å². The fourth-order valence-corrected chi connectivity index (χ4v) is 5.58. The van der Waals surface area contributed by atoms with E-state index in [-0.39, 0.29) is 24.3 Å². The highest BCUT2D eigenvalue weighted by Gasteiger charge is 2.49. The fraction of sp³-hybridized carbons (Fsp3) is 0.464. The molecule has 1 aliphatic carbocycles. The van der Waals surface area contributed by atoms with Crippen molar-refractivity contribution in [2.45, 2.75) is 57.4 Å². The van der Waals surface area contributed by atoms with Crippen molar-refractivity contribution in [1.82, 2.24) is 10.2 Å². The van der Waals surface area contributed by atoms with Crippen molar-refractivity contribution in [2.75, 3.05) is 19.7 Å². The number of benzene rings is 2. The maximum Gasteiger partial charge on any atom is 0.407 e. The van der Waals surface area contributed by atoms with Crippen LogP contribution in [0.3, 0.4) is 0 Å². The molecule has 2 atom stereocenters. The van der Waals surface area contributed by atoms with Crippen LogP contribution in [0.5, 0.6) is 0 Å². The number of amides is 2. The molecule has 1 heterocycles. The molecule has 4 rings (SSSR count). The minimum Gasteiger partial charge on any atom is -0.479 e. The van der Waals surface area contributed by atoms with E-state index in [1.54, 1.807) is 4.90 Å². The summed E-state index contributed by atoms with van der Waals surface area (Å²) in [6, 6.07) is 16.4. The number of carbonyl (C=O) groups excluding carboxylic acids is 2. The lowest BCUT2D eigenvalue weighted by Crippen LogP contribution is -2.54. The Morgan fingerprint density at radius 3 is 2.34 bits per heavy atom. The first-order chi connectivity index (χ1) is 16.9. The summed E-state index contributed by atoms with van der Waals surface area (Å²) in [5.74, 6) is -1.33. The van der Waals surface area contributed by atoms with Crippen molar-refractivity contribution in [2.24, 2.45) is 5.92 Å². The SMILES string of the molecule is CCC1(C(=O)O)CCCN1C(=O)C(C)CCCNC(=O)OCC1c2ccccc2-c2ccccc21. The number of carbonyl (C=O) groups is 3. The normalized spacial score (nSPS) is 19.7. The van der Waals surface area contributed by atoms with Crippen LogP contribution in [0.15, 0.2) is 48.5 Å². The van der Waals surface area contributed by atoms with Crippen molar-refractivity contribution in [1.29, 1.82) is 0 Å². The summed E-state index contributed by atoms with van der Waals surface area (Å²) >= 11 is 0. The van der Waals surface area contributed by atoms with Gasteiger partial charge in [-0.1, -0.05) is 62.4 Å². The van der Waals surface area contributed by atoms with Crippen molar-refractivity contribution >= 4 is 18.0 Å². The van der Waals surface area contributed by atoms with Gasteiger partial charge in [0.1, 0.15) is 12.1 Å². The molecule has 0 bridgehead atoms. The van der Waals surface area contributed by atoms with Crippen molar-refractivity contribution in [3.8, 4) is 11.1 Å². The number of carboxylic acid groups (broad SMARTS) is 1. The number of nitrogens with zero attached hydrogens (tertiary/aromatic N) is 1. The minimum atomic E-state index is -1.08. The molecule has 2 unspecified atom stereocenters. The molecule has 7 heteroatoms. The van der Waals surface area contributed by atoms with Crippen LogP contribution in [0.4, 0.5) is 4.79 Å². The van der Waals surface area contributed by atoms with E-state index in [9.17, 15) is 19.5 Å². The Hall–Kier alpha value is -3.35. The van der Waals surface area contributed by atoms with E-state index in [1.165, 1.54) is 22.3 Å². The summed E-state index contributed by atoms with van der Waals surface area (Å²) in [7, 11) is 0. The summed E-state index contributed by atoms with van der Waals surface area (Å²) in [4.78, 5) is 38.7. The van der Waals surface area contributed by atoms with Gasteiger partial charge in [0, 0.05) is 24.9 Å². The second-order valence-corrected chi connectivity index (χ2v) is 9.58. The number of aliphatic carboxylic acids is 1. The molecule has 0 aromatic heterocycles. The van der Waals surface area contributed by atoms with Crippen LogP contribution in [0.1, 0.15) is 63.0 Å². The maximum atomic E-state index is 13.0. The van der Waals surface area contributed by atoms with E-state index in [4.69, 9.17) is 4.74 Å². The average molecular weight is 479 g/mol. The van der Waals surface area contributed by atoms with Gasteiger partial charge in [0.05, 0.1) is 0 Å². The van der Waals surface area contributed by atoms with E-state index in [1.807, 2.05) is 38.1 Å². The standard InChI is InChI=1S/C28H34N2O5/c1-3-28(26(32)33)15-9-17-30(28)25(31)19(2)10-8-16-29-27(34)35-18-24-22-13-6-4-11-20(22)21-12-5-7-14-23(21)24/h4-7,11-14,19,24H,3,8-10,15-18H2,1-2H3,(H,29,34)(H,32,33). The molecule has 0 spiro atoms. The predicted molar refractivity (Wildman–Crippen MR) is 133 cm³/mol. The van der Waals surface area contributed by atoms with Crippen LogP contribution in [-0.4, -0.2) is 53.2 Å². The Morgan fingerprint density at radius 1 is 1.11 bits per heavy atom. The lowest BCUT2D eigenvalue weighted by atomic mass is 9.91. The van der Waals surface area contributed by atoms with E-state index < -0.39 is 17.6 Å². The quantitative estimate of drug-likeness (QED) is 0.505. The average Bonchev–Trinajstić information content (AvgIpc) is 3.45. The first-order valence-electron chi connectivity index (χ1n) is 12.5. The minimum absolute atomic E-state index is 0.0133.